The minimum Gasteiger partial charge on any atom is -0.493 e. The van der Waals surface area contributed by atoms with E-state index in [1.54, 1.807) is 0 Å². The van der Waals surface area contributed by atoms with Crippen LogP contribution in [0.1, 0.15) is 24.8 Å². The van der Waals surface area contributed by atoms with Crippen molar-refractivity contribution in [1.29, 1.82) is 0 Å². The summed E-state index contributed by atoms with van der Waals surface area (Å²) < 4.78 is 5.68. The molecule has 19 heavy (non-hydrogen) atoms. The molecular weight excluding hydrogens is 236 g/mol. The summed E-state index contributed by atoms with van der Waals surface area (Å²) in [6.07, 6.45) is 5.00. The van der Waals surface area contributed by atoms with Crippen LogP contribution in [0.4, 0.5) is 5.69 Å². The minimum atomic E-state index is 0.510. The maximum absolute atomic E-state index is 5.68. The Morgan fingerprint density at radius 2 is 2.21 bits per heavy atom. The van der Waals surface area contributed by atoms with Gasteiger partial charge in [-0.25, -0.2) is 0 Å². The molecule has 0 aromatic heterocycles. The number of anilines is 1. The van der Waals surface area contributed by atoms with Crippen molar-refractivity contribution in [3.8, 4) is 5.75 Å². The Labute approximate surface area is 115 Å². The van der Waals surface area contributed by atoms with Gasteiger partial charge in [-0.2, -0.15) is 0 Å². The second-order valence-corrected chi connectivity index (χ2v) is 6.13. The average Bonchev–Trinajstić information content (AvgIpc) is 3.18. The standard InChI is InChI=1S/C16H24N2O/c1-17-11-16(7-8-16)12-18(2)14-5-6-15-13(10-14)4-3-9-19-15/h5-6,10,17H,3-4,7-9,11-12H2,1-2H3. The lowest BCUT2D eigenvalue weighted by Crippen LogP contribution is -2.32. The van der Waals surface area contributed by atoms with Gasteiger partial charge in [0.25, 0.3) is 0 Å². The molecule has 1 N–H and O–H groups in total. The molecule has 1 aliphatic carbocycles. The van der Waals surface area contributed by atoms with Crippen LogP contribution in [0.3, 0.4) is 0 Å². The zero-order chi connectivity index (χ0) is 13.3. The molecule has 1 aromatic carbocycles. The van der Waals surface area contributed by atoms with E-state index in [9.17, 15) is 0 Å². The quantitative estimate of drug-likeness (QED) is 0.880. The van der Waals surface area contributed by atoms with Gasteiger partial charge in [0.2, 0.25) is 0 Å². The highest BCUT2D eigenvalue weighted by Crippen LogP contribution is 2.46. The first-order valence-corrected chi connectivity index (χ1v) is 7.34. The van der Waals surface area contributed by atoms with Crippen molar-refractivity contribution in [2.75, 3.05) is 38.7 Å². The zero-order valence-corrected chi connectivity index (χ0v) is 12.0. The van der Waals surface area contributed by atoms with Crippen molar-refractivity contribution in [3.05, 3.63) is 23.8 Å². The third kappa shape index (κ3) is 2.71. The lowest BCUT2D eigenvalue weighted by atomic mass is 10.0. The van der Waals surface area contributed by atoms with Gasteiger partial charge in [0.05, 0.1) is 6.61 Å². The zero-order valence-electron chi connectivity index (χ0n) is 12.0. The predicted molar refractivity (Wildman–Crippen MR) is 79.1 cm³/mol. The first kappa shape index (κ1) is 12.8. The third-order valence-electron chi connectivity index (χ3n) is 4.41. The smallest absolute Gasteiger partial charge is 0.122 e. The maximum Gasteiger partial charge on any atom is 0.122 e. The van der Waals surface area contributed by atoms with Gasteiger partial charge in [-0.15, -0.1) is 0 Å². The van der Waals surface area contributed by atoms with Gasteiger partial charge >= 0.3 is 0 Å². The molecule has 0 radical (unpaired) electrons. The molecule has 3 nitrogen and oxygen atoms in total. The van der Waals surface area contributed by atoms with Crippen LogP contribution in [0, 0.1) is 5.41 Å². The van der Waals surface area contributed by atoms with Crippen LogP contribution >= 0.6 is 0 Å². The Hall–Kier alpha value is -1.22. The van der Waals surface area contributed by atoms with Crippen LogP contribution in [0.2, 0.25) is 0 Å². The number of nitrogens with zero attached hydrogens (tertiary/aromatic N) is 1. The molecule has 3 rings (SSSR count). The fourth-order valence-electron chi connectivity index (χ4n) is 3.12. The van der Waals surface area contributed by atoms with Crippen molar-refractivity contribution in [1.82, 2.24) is 5.32 Å². The molecule has 0 amide bonds. The van der Waals surface area contributed by atoms with E-state index < -0.39 is 0 Å². The number of ether oxygens (including phenoxy) is 1. The Bertz CT molecular complexity index is 454. The lowest BCUT2D eigenvalue weighted by molar-refractivity contribution is 0.288. The number of hydrogen-bond acceptors (Lipinski definition) is 3. The molecule has 104 valence electrons. The van der Waals surface area contributed by atoms with E-state index in [0.29, 0.717) is 5.41 Å². The van der Waals surface area contributed by atoms with Crippen molar-refractivity contribution >= 4 is 5.69 Å². The van der Waals surface area contributed by atoms with Crippen molar-refractivity contribution in [3.63, 3.8) is 0 Å². The monoisotopic (exact) mass is 260 g/mol. The molecule has 2 aliphatic rings. The van der Waals surface area contributed by atoms with Crippen LogP contribution in [0.15, 0.2) is 18.2 Å². The van der Waals surface area contributed by atoms with Crippen LogP contribution in [0.5, 0.6) is 5.75 Å². The molecule has 0 unspecified atom stereocenters. The van der Waals surface area contributed by atoms with Crippen LogP contribution in [-0.4, -0.2) is 33.8 Å². The average molecular weight is 260 g/mol. The number of aryl methyl sites for hydroxylation is 1. The predicted octanol–water partition coefficient (Wildman–Crippen LogP) is 2.45. The minimum absolute atomic E-state index is 0.510. The molecule has 3 heteroatoms. The molecule has 0 spiro atoms. The molecule has 1 saturated carbocycles. The van der Waals surface area contributed by atoms with E-state index in [-0.39, 0.29) is 0 Å². The second kappa shape index (κ2) is 5.04. The number of hydrogen-bond donors (Lipinski definition) is 1. The summed E-state index contributed by atoms with van der Waals surface area (Å²) >= 11 is 0. The number of nitrogens with one attached hydrogen (secondary N) is 1. The molecular formula is C16H24N2O. The Kier molecular flexibility index (Phi) is 3.40. The summed E-state index contributed by atoms with van der Waals surface area (Å²) in [6.45, 7) is 3.15. The molecule has 0 bridgehead atoms. The van der Waals surface area contributed by atoms with E-state index in [0.717, 1.165) is 38.3 Å². The Morgan fingerprint density at radius 3 is 2.95 bits per heavy atom. The summed E-state index contributed by atoms with van der Waals surface area (Å²) in [4.78, 5) is 2.40. The van der Waals surface area contributed by atoms with Gasteiger partial charge < -0.3 is 15.0 Å². The van der Waals surface area contributed by atoms with E-state index in [2.05, 4.69) is 42.5 Å². The molecule has 1 aliphatic heterocycles. The summed E-state index contributed by atoms with van der Waals surface area (Å²) in [6, 6.07) is 6.64. The van der Waals surface area contributed by atoms with Crippen molar-refractivity contribution in [2.45, 2.75) is 25.7 Å². The van der Waals surface area contributed by atoms with E-state index in [4.69, 9.17) is 4.74 Å². The van der Waals surface area contributed by atoms with Crippen molar-refractivity contribution < 1.29 is 4.74 Å². The Morgan fingerprint density at radius 1 is 1.37 bits per heavy atom. The molecule has 1 heterocycles. The van der Waals surface area contributed by atoms with Gasteiger partial charge in [0, 0.05) is 31.2 Å². The third-order valence-corrected chi connectivity index (χ3v) is 4.41. The molecule has 0 saturated heterocycles. The number of rotatable bonds is 5. The van der Waals surface area contributed by atoms with E-state index >= 15 is 0 Å². The van der Waals surface area contributed by atoms with Gasteiger partial charge in [-0.1, -0.05) is 0 Å². The lowest BCUT2D eigenvalue weighted by Gasteiger charge is -2.27. The fourth-order valence-corrected chi connectivity index (χ4v) is 3.12. The van der Waals surface area contributed by atoms with E-state index in [1.807, 2.05) is 0 Å². The van der Waals surface area contributed by atoms with E-state index in [1.165, 1.54) is 24.1 Å². The Balaban J connectivity index is 1.71. The summed E-state index contributed by atoms with van der Waals surface area (Å²) in [5, 5.41) is 3.33. The largest absolute Gasteiger partial charge is 0.493 e. The second-order valence-electron chi connectivity index (χ2n) is 6.13. The highest BCUT2D eigenvalue weighted by molar-refractivity contribution is 5.53. The van der Waals surface area contributed by atoms with Gasteiger partial charge in [0.15, 0.2) is 0 Å². The first-order valence-electron chi connectivity index (χ1n) is 7.34. The van der Waals surface area contributed by atoms with Crippen LogP contribution < -0.4 is 15.0 Å². The highest BCUT2D eigenvalue weighted by Gasteiger charge is 2.42. The fraction of sp³-hybridized carbons (Fsp3) is 0.625. The van der Waals surface area contributed by atoms with Gasteiger partial charge in [0.1, 0.15) is 5.75 Å². The number of benzene rings is 1. The molecule has 1 fully saturated rings. The summed E-state index contributed by atoms with van der Waals surface area (Å²) in [5.41, 5.74) is 3.20. The molecule has 1 aromatic rings. The molecule has 0 atom stereocenters. The number of fused-ring (bicyclic) bond motifs is 1. The summed E-state index contributed by atoms with van der Waals surface area (Å²) in [7, 11) is 4.26. The summed E-state index contributed by atoms with van der Waals surface area (Å²) in [5.74, 6) is 1.08. The normalized spacial score (nSPS) is 19.5. The van der Waals surface area contributed by atoms with Gasteiger partial charge in [-0.3, -0.25) is 0 Å². The SMILES string of the molecule is CNCC1(CN(C)c2ccc3c(c2)CCCO3)CC1. The first-order chi connectivity index (χ1) is 9.22. The van der Waals surface area contributed by atoms with Crippen LogP contribution in [0.25, 0.3) is 0 Å². The van der Waals surface area contributed by atoms with Crippen molar-refractivity contribution in [2.24, 2.45) is 5.41 Å². The highest BCUT2D eigenvalue weighted by atomic mass is 16.5. The van der Waals surface area contributed by atoms with Crippen LogP contribution in [-0.2, 0) is 6.42 Å². The maximum atomic E-state index is 5.68. The van der Waals surface area contributed by atoms with Gasteiger partial charge in [-0.05, 0) is 56.5 Å². The topological polar surface area (TPSA) is 24.5 Å².